The van der Waals surface area contributed by atoms with Gasteiger partial charge in [0.15, 0.2) is 0 Å². The molecule has 0 aliphatic carbocycles. The maximum atomic E-state index is 13.5. The molecule has 1 aromatic carbocycles. The van der Waals surface area contributed by atoms with Gasteiger partial charge in [-0.15, -0.1) is 10.2 Å². The first-order valence-electron chi connectivity index (χ1n) is 8.25. The van der Waals surface area contributed by atoms with E-state index in [1.54, 1.807) is 0 Å². The molecule has 0 radical (unpaired) electrons. The molecule has 2 aromatic rings. The van der Waals surface area contributed by atoms with E-state index >= 15 is 0 Å². The van der Waals surface area contributed by atoms with Gasteiger partial charge in [0, 0.05) is 44.1 Å². The number of benzene rings is 1. The van der Waals surface area contributed by atoms with E-state index in [0.29, 0.717) is 24.2 Å². The third-order valence-electron chi connectivity index (χ3n) is 5.09. The highest BCUT2D eigenvalue weighted by atomic mass is 19.1. The molecule has 0 spiro atoms. The molecule has 3 heterocycles. The van der Waals surface area contributed by atoms with Crippen LogP contribution >= 0.6 is 0 Å². The van der Waals surface area contributed by atoms with E-state index in [1.165, 1.54) is 12.1 Å². The normalized spacial score (nSPS) is 23.8. The van der Waals surface area contributed by atoms with Gasteiger partial charge in [0.1, 0.15) is 23.3 Å². The Balaban J connectivity index is 1.60. The van der Waals surface area contributed by atoms with Gasteiger partial charge in [-0.1, -0.05) is 6.92 Å². The first-order valence-corrected chi connectivity index (χ1v) is 8.25. The Morgan fingerprint density at radius 3 is 2.57 bits per heavy atom. The van der Waals surface area contributed by atoms with Crippen LogP contribution < -0.4 is 0 Å². The van der Waals surface area contributed by atoms with E-state index in [0.717, 1.165) is 49.9 Å². The lowest BCUT2D eigenvalue weighted by Crippen LogP contribution is -2.36. The van der Waals surface area contributed by atoms with Crippen molar-refractivity contribution in [1.29, 1.82) is 0 Å². The molecule has 2 aliphatic heterocycles. The highest BCUT2D eigenvalue weighted by Gasteiger charge is 2.38. The molecule has 1 aromatic heterocycles. The van der Waals surface area contributed by atoms with Crippen molar-refractivity contribution in [1.82, 2.24) is 19.7 Å². The lowest BCUT2D eigenvalue weighted by Gasteiger charge is -2.27. The molecule has 122 valence electrons. The zero-order valence-electron chi connectivity index (χ0n) is 13.2. The monoisotopic (exact) mass is 318 g/mol. The van der Waals surface area contributed by atoms with Gasteiger partial charge in [0.25, 0.3) is 0 Å². The smallest absolute Gasteiger partial charge is 0.134 e. The van der Waals surface area contributed by atoms with Crippen molar-refractivity contribution in [2.45, 2.75) is 57.8 Å². The lowest BCUT2D eigenvalue weighted by molar-refractivity contribution is 0.179. The van der Waals surface area contributed by atoms with Gasteiger partial charge in [-0.25, -0.2) is 8.78 Å². The molecule has 6 heteroatoms. The zero-order chi connectivity index (χ0) is 16.0. The van der Waals surface area contributed by atoms with Crippen LogP contribution in [0, 0.1) is 11.6 Å². The minimum atomic E-state index is -0.507. The number of hydrogen-bond donors (Lipinski definition) is 0. The average Bonchev–Trinajstić information content (AvgIpc) is 2.99. The van der Waals surface area contributed by atoms with E-state index in [9.17, 15) is 8.78 Å². The number of aromatic nitrogens is 3. The van der Waals surface area contributed by atoms with Crippen LogP contribution in [0.5, 0.6) is 0 Å². The van der Waals surface area contributed by atoms with Gasteiger partial charge < -0.3 is 4.57 Å². The van der Waals surface area contributed by atoms with Crippen LogP contribution in [0.25, 0.3) is 0 Å². The first-order chi connectivity index (χ1) is 11.1. The molecular formula is C17H20F2N4. The Kier molecular flexibility index (Phi) is 3.64. The lowest BCUT2D eigenvalue weighted by atomic mass is 10.1. The van der Waals surface area contributed by atoms with E-state index < -0.39 is 11.6 Å². The van der Waals surface area contributed by atoms with Crippen molar-refractivity contribution >= 4 is 0 Å². The molecule has 1 saturated heterocycles. The number of halogens is 2. The summed E-state index contributed by atoms with van der Waals surface area (Å²) < 4.78 is 29.2. The van der Waals surface area contributed by atoms with E-state index in [1.807, 2.05) is 0 Å². The maximum absolute atomic E-state index is 13.5. The molecule has 1 fully saturated rings. The third kappa shape index (κ3) is 2.65. The topological polar surface area (TPSA) is 34.0 Å². The average molecular weight is 318 g/mol. The molecule has 0 saturated carbocycles. The SMILES string of the molecule is CCc1nnc2n1CC1CCC(C2)N1Cc1cc(F)cc(F)c1. The van der Waals surface area contributed by atoms with Gasteiger partial charge in [-0.3, -0.25) is 4.90 Å². The zero-order valence-corrected chi connectivity index (χ0v) is 13.2. The second-order valence-corrected chi connectivity index (χ2v) is 6.54. The quantitative estimate of drug-likeness (QED) is 0.872. The highest BCUT2D eigenvalue weighted by Crippen LogP contribution is 2.33. The molecule has 2 unspecified atom stereocenters. The van der Waals surface area contributed by atoms with Crippen LogP contribution in [0.4, 0.5) is 8.78 Å². The Hall–Kier alpha value is -1.82. The molecule has 0 N–H and O–H groups in total. The van der Waals surface area contributed by atoms with Crippen LogP contribution in [-0.4, -0.2) is 31.7 Å². The number of hydrogen-bond acceptors (Lipinski definition) is 3. The third-order valence-corrected chi connectivity index (χ3v) is 5.09. The minimum absolute atomic E-state index is 0.376. The van der Waals surface area contributed by atoms with Crippen molar-refractivity contribution in [2.24, 2.45) is 0 Å². The number of aryl methyl sites for hydroxylation is 1. The van der Waals surface area contributed by atoms with E-state index in [4.69, 9.17) is 0 Å². The van der Waals surface area contributed by atoms with Crippen LogP contribution in [0.2, 0.25) is 0 Å². The summed E-state index contributed by atoms with van der Waals surface area (Å²) in [6.45, 7) is 3.55. The molecule has 23 heavy (non-hydrogen) atoms. The molecule has 2 atom stereocenters. The van der Waals surface area contributed by atoms with E-state index in [2.05, 4.69) is 26.6 Å². The van der Waals surface area contributed by atoms with E-state index in [-0.39, 0.29) is 0 Å². The molecule has 4 nitrogen and oxygen atoms in total. The summed E-state index contributed by atoms with van der Waals surface area (Å²) in [7, 11) is 0. The molecule has 2 bridgehead atoms. The number of rotatable bonds is 3. The van der Waals surface area contributed by atoms with Gasteiger partial charge in [-0.2, -0.15) is 0 Å². The highest BCUT2D eigenvalue weighted by molar-refractivity contribution is 5.19. The predicted octanol–water partition coefficient (Wildman–Crippen LogP) is 2.71. The first kappa shape index (κ1) is 14.8. The summed E-state index contributed by atoms with van der Waals surface area (Å²) in [5.41, 5.74) is 0.702. The van der Waals surface area contributed by atoms with Crippen molar-refractivity contribution in [3.63, 3.8) is 0 Å². The minimum Gasteiger partial charge on any atom is -0.313 e. The van der Waals surface area contributed by atoms with Gasteiger partial charge >= 0.3 is 0 Å². The van der Waals surface area contributed by atoms with Gasteiger partial charge in [0.05, 0.1) is 0 Å². The summed E-state index contributed by atoms with van der Waals surface area (Å²) in [6, 6.07) is 4.56. The van der Waals surface area contributed by atoms with Crippen LogP contribution in [0.15, 0.2) is 18.2 Å². The Morgan fingerprint density at radius 2 is 1.83 bits per heavy atom. The van der Waals surface area contributed by atoms with Gasteiger partial charge in [-0.05, 0) is 30.5 Å². The van der Waals surface area contributed by atoms with Crippen molar-refractivity contribution < 1.29 is 8.78 Å². The summed E-state index contributed by atoms with van der Waals surface area (Å²) in [6.07, 6.45) is 3.96. The predicted molar refractivity (Wildman–Crippen MR) is 81.8 cm³/mol. The summed E-state index contributed by atoms with van der Waals surface area (Å²) in [4.78, 5) is 2.39. The second kappa shape index (κ2) is 5.67. The fourth-order valence-electron chi connectivity index (χ4n) is 4.02. The van der Waals surface area contributed by atoms with Crippen molar-refractivity contribution in [2.75, 3.05) is 0 Å². The summed E-state index contributed by atoms with van der Waals surface area (Å²) >= 11 is 0. The molecular weight excluding hydrogens is 298 g/mol. The van der Waals surface area contributed by atoms with Gasteiger partial charge in [0.2, 0.25) is 0 Å². The Bertz CT molecular complexity index is 707. The maximum Gasteiger partial charge on any atom is 0.134 e. The standard InChI is InChI=1S/C17H20F2N4/c1-2-16-20-21-17-8-14-3-4-15(10-23(16)17)22(14)9-11-5-12(18)7-13(19)6-11/h5-7,14-15H,2-4,8-10H2,1H3. The number of nitrogens with zero attached hydrogens (tertiary/aromatic N) is 4. The van der Waals surface area contributed by atoms with Crippen LogP contribution in [0.3, 0.4) is 0 Å². The van der Waals surface area contributed by atoms with Crippen LogP contribution in [0.1, 0.15) is 37.0 Å². The van der Waals surface area contributed by atoms with Crippen LogP contribution in [-0.2, 0) is 25.9 Å². The summed E-state index contributed by atoms with van der Waals surface area (Å²) in [5, 5.41) is 8.62. The molecule has 0 amide bonds. The Labute approximate surface area is 134 Å². The van der Waals surface area contributed by atoms with Crippen molar-refractivity contribution in [3.8, 4) is 0 Å². The molecule has 4 rings (SSSR count). The summed E-state index contributed by atoms with van der Waals surface area (Å²) in [5.74, 6) is 1.06. The number of fused-ring (bicyclic) bond motifs is 3. The fraction of sp³-hybridized carbons (Fsp3) is 0.529. The molecule has 2 aliphatic rings. The largest absolute Gasteiger partial charge is 0.313 e. The van der Waals surface area contributed by atoms with Crippen molar-refractivity contribution in [3.05, 3.63) is 47.0 Å². The Morgan fingerprint density at radius 1 is 1.09 bits per heavy atom. The second-order valence-electron chi connectivity index (χ2n) is 6.54. The fourth-order valence-corrected chi connectivity index (χ4v) is 4.02.